The van der Waals surface area contributed by atoms with Crippen LogP contribution in [0.4, 0.5) is 10.5 Å². The Labute approximate surface area is 167 Å². The highest BCUT2D eigenvalue weighted by Crippen LogP contribution is 2.34. The molecule has 3 rings (SSSR count). The molecule has 27 heavy (non-hydrogen) atoms. The van der Waals surface area contributed by atoms with E-state index in [1.807, 2.05) is 0 Å². The molecule has 0 saturated carbocycles. The zero-order chi connectivity index (χ0) is 19.7. The first-order chi connectivity index (χ1) is 12.8. The molecule has 0 unspecified atom stereocenters. The van der Waals surface area contributed by atoms with Crippen LogP contribution in [0.3, 0.4) is 0 Å². The molecule has 1 aliphatic rings. The summed E-state index contributed by atoms with van der Waals surface area (Å²) in [5.74, 6) is -1.55. The fourth-order valence-corrected chi connectivity index (χ4v) is 3.04. The Morgan fingerprint density at radius 1 is 1.19 bits per heavy atom. The first kappa shape index (κ1) is 18.9. The van der Waals surface area contributed by atoms with Crippen LogP contribution in [0.25, 0.3) is 6.08 Å². The fraction of sp³-hybridized carbons (Fsp3) is 0.0556. The average Bonchev–Trinajstić information content (AvgIpc) is 2.61. The van der Waals surface area contributed by atoms with Crippen LogP contribution in [0.15, 0.2) is 46.4 Å². The van der Waals surface area contributed by atoms with Gasteiger partial charge in [-0.15, -0.1) is 0 Å². The minimum Gasteiger partial charge on any atom is -0.504 e. The molecule has 1 heterocycles. The molecule has 2 N–H and O–H groups in total. The monoisotopic (exact) mass is 450 g/mol. The summed E-state index contributed by atoms with van der Waals surface area (Å²) in [4.78, 5) is 38.0. The molecule has 0 radical (unpaired) electrons. The molecule has 0 bridgehead atoms. The lowest BCUT2D eigenvalue weighted by molar-refractivity contribution is -0.122. The molecule has 138 valence electrons. The lowest BCUT2D eigenvalue weighted by atomic mass is 10.1. The minimum atomic E-state index is -0.855. The summed E-state index contributed by atoms with van der Waals surface area (Å²) in [6.45, 7) is 0. The zero-order valence-corrected chi connectivity index (χ0v) is 16.2. The van der Waals surface area contributed by atoms with Crippen LogP contribution in [0.2, 0.25) is 5.02 Å². The molecule has 2 aromatic rings. The maximum atomic E-state index is 12.8. The van der Waals surface area contributed by atoms with Gasteiger partial charge in [0.25, 0.3) is 11.8 Å². The lowest BCUT2D eigenvalue weighted by Crippen LogP contribution is -2.54. The van der Waals surface area contributed by atoms with E-state index in [0.717, 1.165) is 4.90 Å². The van der Waals surface area contributed by atoms with Gasteiger partial charge in [-0.3, -0.25) is 14.9 Å². The molecule has 7 nitrogen and oxygen atoms in total. The number of nitrogens with one attached hydrogen (secondary N) is 1. The number of phenolic OH excluding ortho intramolecular Hbond substituents is 1. The third-order valence-corrected chi connectivity index (χ3v) is 4.72. The number of imide groups is 2. The van der Waals surface area contributed by atoms with Crippen molar-refractivity contribution in [3.63, 3.8) is 0 Å². The van der Waals surface area contributed by atoms with Crippen LogP contribution in [0.1, 0.15) is 5.56 Å². The molecule has 2 aromatic carbocycles. The molecule has 0 aromatic heterocycles. The first-order valence-electron chi connectivity index (χ1n) is 7.55. The Kier molecular flexibility index (Phi) is 5.20. The van der Waals surface area contributed by atoms with Crippen molar-refractivity contribution in [2.45, 2.75) is 0 Å². The third-order valence-electron chi connectivity index (χ3n) is 3.78. The van der Waals surface area contributed by atoms with Crippen molar-refractivity contribution in [3.05, 3.63) is 57.0 Å². The van der Waals surface area contributed by atoms with Crippen molar-refractivity contribution >= 4 is 57.1 Å². The number of halogens is 2. The minimum absolute atomic E-state index is 0.107. The number of urea groups is 1. The Bertz CT molecular complexity index is 988. The van der Waals surface area contributed by atoms with Gasteiger partial charge in [-0.2, -0.15) is 0 Å². The quantitative estimate of drug-likeness (QED) is 0.550. The number of barbiturate groups is 1. The van der Waals surface area contributed by atoms with E-state index < -0.39 is 17.8 Å². The van der Waals surface area contributed by atoms with Gasteiger partial charge in [-0.1, -0.05) is 27.5 Å². The van der Waals surface area contributed by atoms with Crippen LogP contribution >= 0.6 is 27.5 Å². The maximum absolute atomic E-state index is 12.8. The summed E-state index contributed by atoms with van der Waals surface area (Å²) < 4.78 is 5.47. The molecule has 0 atom stereocenters. The van der Waals surface area contributed by atoms with Crippen LogP contribution in [0, 0.1) is 0 Å². The first-order valence-corrected chi connectivity index (χ1v) is 8.72. The number of nitrogens with zero attached hydrogens (tertiary/aromatic N) is 1. The fourth-order valence-electron chi connectivity index (χ4n) is 2.47. The highest BCUT2D eigenvalue weighted by molar-refractivity contribution is 9.10. The summed E-state index contributed by atoms with van der Waals surface area (Å²) in [5.41, 5.74) is 0.425. The predicted octanol–water partition coefficient (Wildman–Crippen LogP) is 3.48. The summed E-state index contributed by atoms with van der Waals surface area (Å²) in [7, 11) is 1.37. The van der Waals surface area contributed by atoms with Gasteiger partial charge >= 0.3 is 6.03 Å². The van der Waals surface area contributed by atoms with E-state index in [1.54, 1.807) is 0 Å². The average molecular weight is 452 g/mol. The third kappa shape index (κ3) is 3.67. The summed E-state index contributed by atoms with van der Waals surface area (Å²) in [6, 6.07) is 8.01. The number of rotatable bonds is 3. The van der Waals surface area contributed by atoms with E-state index in [4.69, 9.17) is 16.3 Å². The number of ether oxygens (including phenoxy) is 1. The maximum Gasteiger partial charge on any atom is 0.335 e. The van der Waals surface area contributed by atoms with Crippen molar-refractivity contribution in [1.82, 2.24) is 5.32 Å². The number of benzene rings is 2. The second-order valence-electron chi connectivity index (χ2n) is 5.48. The number of methoxy groups -OCH3 is 1. The van der Waals surface area contributed by atoms with Crippen molar-refractivity contribution in [2.75, 3.05) is 12.0 Å². The van der Waals surface area contributed by atoms with E-state index in [0.29, 0.717) is 15.1 Å². The van der Waals surface area contributed by atoms with Gasteiger partial charge in [0, 0.05) is 9.50 Å². The van der Waals surface area contributed by atoms with Crippen molar-refractivity contribution in [2.24, 2.45) is 0 Å². The number of carbonyl (C=O) groups excluding carboxylic acids is 3. The van der Waals surface area contributed by atoms with Crippen LogP contribution < -0.4 is 15.0 Å². The van der Waals surface area contributed by atoms with E-state index in [1.165, 1.54) is 49.6 Å². The molecule has 0 spiro atoms. The molecule has 1 fully saturated rings. The normalized spacial score (nSPS) is 15.9. The van der Waals surface area contributed by atoms with Crippen LogP contribution in [-0.4, -0.2) is 30.1 Å². The van der Waals surface area contributed by atoms with Crippen molar-refractivity contribution < 1.29 is 24.2 Å². The molecule has 1 saturated heterocycles. The number of anilines is 1. The van der Waals surface area contributed by atoms with Crippen molar-refractivity contribution in [1.29, 1.82) is 0 Å². The van der Waals surface area contributed by atoms with Gasteiger partial charge in [-0.05, 0) is 48.0 Å². The highest BCUT2D eigenvalue weighted by Gasteiger charge is 2.36. The van der Waals surface area contributed by atoms with Gasteiger partial charge < -0.3 is 9.84 Å². The molecule has 1 aliphatic heterocycles. The standard InChI is InChI=1S/C18H12BrClN2O5/c1-27-15-7-9(13(19)8-14(15)23)6-12-16(24)21-18(26)22(17(12)25)11-4-2-10(20)3-5-11/h2-8,23H,1H3,(H,21,24,26). The Morgan fingerprint density at radius 2 is 1.85 bits per heavy atom. The SMILES string of the molecule is COc1cc(C=C2C(=O)NC(=O)N(c3ccc(Cl)cc3)C2=O)c(Br)cc1O. The molecular weight excluding hydrogens is 440 g/mol. The van der Waals surface area contributed by atoms with Gasteiger partial charge in [0.2, 0.25) is 0 Å². The largest absolute Gasteiger partial charge is 0.504 e. The molecule has 9 heteroatoms. The molecule has 4 amide bonds. The van der Waals surface area contributed by atoms with E-state index in [-0.39, 0.29) is 22.8 Å². The Balaban J connectivity index is 2.06. The van der Waals surface area contributed by atoms with Gasteiger partial charge in [0.05, 0.1) is 12.8 Å². The number of aromatic hydroxyl groups is 1. The summed E-state index contributed by atoms with van der Waals surface area (Å²) in [6.07, 6.45) is 1.30. The number of amides is 4. The second kappa shape index (κ2) is 7.42. The lowest BCUT2D eigenvalue weighted by Gasteiger charge is -2.26. The summed E-state index contributed by atoms with van der Waals surface area (Å²) in [5, 5.41) is 12.4. The van der Waals surface area contributed by atoms with E-state index >= 15 is 0 Å². The van der Waals surface area contributed by atoms with E-state index in [2.05, 4.69) is 21.2 Å². The highest BCUT2D eigenvalue weighted by atomic mass is 79.9. The predicted molar refractivity (Wildman–Crippen MR) is 103 cm³/mol. The zero-order valence-electron chi connectivity index (χ0n) is 13.8. The number of carbonyl (C=O) groups is 3. The molecule has 0 aliphatic carbocycles. The topological polar surface area (TPSA) is 95.9 Å². The van der Waals surface area contributed by atoms with Gasteiger partial charge in [0.1, 0.15) is 5.57 Å². The molecular formula is C18H12BrClN2O5. The second-order valence-corrected chi connectivity index (χ2v) is 6.77. The van der Waals surface area contributed by atoms with Gasteiger partial charge in [-0.25, -0.2) is 9.69 Å². The Morgan fingerprint density at radius 3 is 2.48 bits per heavy atom. The number of phenols is 1. The smallest absolute Gasteiger partial charge is 0.335 e. The van der Waals surface area contributed by atoms with Crippen LogP contribution in [-0.2, 0) is 9.59 Å². The van der Waals surface area contributed by atoms with Gasteiger partial charge in [0.15, 0.2) is 11.5 Å². The number of hydrogen-bond donors (Lipinski definition) is 2. The Hall–Kier alpha value is -2.84. The van der Waals surface area contributed by atoms with E-state index in [9.17, 15) is 19.5 Å². The summed E-state index contributed by atoms with van der Waals surface area (Å²) >= 11 is 9.09. The van der Waals surface area contributed by atoms with Crippen LogP contribution in [0.5, 0.6) is 11.5 Å². The number of hydrogen-bond acceptors (Lipinski definition) is 5. The van der Waals surface area contributed by atoms with Crippen molar-refractivity contribution in [3.8, 4) is 11.5 Å².